The average Bonchev–Trinajstić information content (AvgIpc) is 3.56. The van der Waals surface area contributed by atoms with E-state index in [1.807, 2.05) is 11.6 Å². The van der Waals surface area contributed by atoms with Gasteiger partial charge >= 0.3 is 0 Å². The first kappa shape index (κ1) is 22.9. The minimum Gasteiger partial charge on any atom is -0.298 e. The molecule has 1 saturated heterocycles. The molecule has 1 N–H and O–H groups in total. The van der Waals surface area contributed by atoms with Gasteiger partial charge in [-0.15, -0.1) is 0 Å². The van der Waals surface area contributed by atoms with Crippen LogP contribution >= 0.6 is 11.3 Å². The van der Waals surface area contributed by atoms with Crippen LogP contribution in [0.2, 0.25) is 0 Å². The Bertz CT molecular complexity index is 1500. The maximum Gasteiger partial charge on any atom is 0.258 e. The maximum atomic E-state index is 13.2. The molecule has 11 heteroatoms. The number of aryl methyl sites for hydroxylation is 1. The highest BCUT2D eigenvalue weighted by atomic mass is 32.2. The lowest BCUT2D eigenvalue weighted by Gasteiger charge is -2.15. The van der Waals surface area contributed by atoms with Gasteiger partial charge in [0, 0.05) is 18.8 Å². The van der Waals surface area contributed by atoms with Crippen molar-refractivity contribution in [1.82, 2.24) is 24.1 Å². The maximum absolute atomic E-state index is 13.2. The van der Waals surface area contributed by atoms with Gasteiger partial charge in [-0.3, -0.25) is 10.1 Å². The molecule has 0 radical (unpaired) electrons. The zero-order valence-corrected chi connectivity index (χ0v) is 20.9. The number of thiazole rings is 1. The van der Waals surface area contributed by atoms with Gasteiger partial charge in [-0.2, -0.15) is 9.40 Å². The number of carbonyl (C=O) groups excluding carboxylic acids is 1. The van der Waals surface area contributed by atoms with Crippen LogP contribution in [0.4, 0.5) is 5.13 Å². The third-order valence-electron chi connectivity index (χ3n) is 6.23. The highest BCUT2D eigenvalue weighted by molar-refractivity contribution is 7.89. The molecule has 0 bridgehead atoms. The summed E-state index contributed by atoms with van der Waals surface area (Å²) in [5, 5.41) is 8.43. The van der Waals surface area contributed by atoms with Crippen molar-refractivity contribution in [2.75, 3.05) is 18.4 Å². The van der Waals surface area contributed by atoms with Crippen LogP contribution in [0, 0.1) is 6.92 Å². The van der Waals surface area contributed by atoms with E-state index in [1.165, 1.54) is 15.6 Å². The van der Waals surface area contributed by atoms with Crippen molar-refractivity contribution in [2.24, 2.45) is 0 Å². The summed E-state index contributed by atoms with van der Waals surface area (Å²) in [6, 6.07) is 6.82. The number of hydrogen-bond donors (Lipinski definition) is 1. The van der Waals surface area contributed by atoms with Crippen molar-refractivity contribution in [3.05, 3.63) is 41.7 Å². The van der Waals surface area contributed by atoms with E-state index in [-0.39, 0.29) is 16.8 Å². The van der Waals surface area contributed by atoms with Gasteiger partial charge < -0.3 is 0 Å². The van der Waals surface area contributed by atoms with Crippen LogP contribution in [0.1, 0.15) is 55.2 Å². The van der Waals surface area contributed by atoms with E-state index in [4.69, 9.17) is 0 Å². The number of anilines is 1. The molecule has 1 atom stereocenters. The Kier molecular flexibility index (Phi) is 5.86. The fourth-order valence-corrected chi connectivity index (χ4v) is 6.71. The lowest BCUT2D eigenvalue weighted by atomic mass is 10.1. The van der Waals surface area contributed by atoms with Crippen LogP contribution in [-0.4, -0.2) is 51.5 Å². The second-order valence-corrected chi connectivity index (χ2v) is 11.6. The molecule has 34 heavy (non-hydrogen) atoms. The van der Waals surface area contributed by atoms with Crippen LogP contribution < -0.4 is 5.32 Å². The molecule has 1 aliphatic heterocycles. The molecule has 1 aromatic carbocycles. The number of pyridine rings is 1. The van der Waals surface area contributed by atoms with Crippen LogP contribution in [0.5, 0.6) is 0 Å². The Balaban J connectivity index is 1.45. The molecule has 9 nitrogen and oxygen atoms in total. The van der Waals surface area contributed by atoms with Gasteiger partial charge in [-0.1, -0.05) is 18.3 Å². The molecule has 1 aliphatic rings. The smallest absolute Gasteiger partial charge is 0.258 e. The molecule has 0 spiro atoms. The fourth-order valence-electron chi connectivity index (χ4n) is 4.19. The molecule has 5 rings (SSSR count). The van der Waals surface area contributed by atoms with Gasteiger partial charge in [0.2, 0.25) is 10.0 Å². The van der Waals surface area contributed by atoms with E-state index in [0.29, 0.717) is 45.0 Å². The molecule has 0 aliphatic carbocycles. The van der Waals surface area contributed by atoms with Gasteiger partial charge in [0.1, 0.15) is 0 Å². The molecule has 4 heterocycles. The third-order valence-corrected chi connectivity index (χ3v) is 9.06. The van der Waals surface area contributed by atoms with Gasteiger partial charge in [-0.25, -0.2) is 23.1 Å². The first-order valence-corrected chi connectivity index (χ1v) is 13.6. The predicted octanol–water partition coefficient (Wildman–Crippen LogP) is 4.36. The number of benzene rings is 1. The van der Waals surface area contributed by atoms with Crippen LogP contribution in [0.25, 0.3) is 21.3 Å². The Hall–Kier alpha value is -2.89. The largest absolute Gasteiger partial charge is 0.298 e. The van der Waals surface area contributed by atoms with Crippen molar-refractivity contribution in [3.8, 4) is 0 Å². The number of hydrogen-bond acceptors (Lipinski definition) is 7. The number of amides is 1. The number of carbonyl (C=O) groups is 1. The normalized spacial score (nSPS) is 15.9. The van der Waals surface area contributed by atoms with Crippen LogP contribution in [0.3, 0.4) is 0 Å². The first-order valence-electron chi connectivity index (χ1n) is 11.3. The van der Waals surface area contributed by atoms with Crippen molar-refractivity contribution >= 4 is 53.6 Å². The van der Waals surface area contributed by atoms with Crippen molar-refractivity contribution in [1.29, 1.82) is 0 Å². The highest BCUT2D eigenvalue weighted by Gasteiger charge is 2.27. The lowest BCUT2D eigenvalue weighted by Crippen LogP contribution is -2.27. The zero-order chi connectivity index (χ0) is 24.0. The Morgan fingerprint density at radius 1 is 1.21 bits per heavy atom. The molecule has 1 amide bonds. The predicted molar refractivity (Wildman–Crippen MR) is 133 cm³/mol. The SMILES string of the molecule is CCC(C)n1ncc2c(C(=O)Nc3nc4ccc(S(=O)(=O)N5CCCC5)cc4s3)cc(C)nc21. The van der Waals surface area contributed by atoms with E-state index in [2.05, 4.69) is 34.2 Å². The molecule has 178 valence electrons. The van der Waals surface area contributed by atoms with Crippen LogP contribution in [-0.2, 0) is 10.0 Å². The summed E-state index contributed by atoms with van der Waals surface area (Å²) >= 11 is 1.25. The number of fused-ring (bicyclic) bond motifs is 2. The zero-order valence-electron chi connectivity index (χ0n) is 19.3. The Morgan fingerprint density at radius 3 is 2.71 bits per heavy atom. The number of sulfonamides is 1. The van der Waals surface area contributed by atoms with E-state index in [9.17, 15) is 13.2 Å². The summed E-state index contributed by atoms with van der Waals surface area (Å²) in [5.41, 5.74) is 2.53. The van der Waals surface area contributed by atoms with Crippen molar-refractivity contribution < 1.29 is 13.2 Å². The molecular formula is C23H26N6O3S2. The lowest BCUT2D eigenvalue weighted by molar-refractivity contribution is 0.102. The number of nitrogens with one attached hydrogen (secondary N) is 1. The Labute approximate surface area is 201 Å². The number of nitrogens with zero attached hydrogens (tertiary/aromatic N) is 5. The number of aromatic nitrogens is 4. The quantitative estimate of drug-likeness (QED) is 0.423. The van der Waals surface area contributed by atoms with Gasteiger partial charge in [0.25, 0.3) is 5.91 Å². The monoisotopic (exact) mass is 498 g/mol. The molecule has 1 fully saturated rings. The Morgan fingerprint density at radius 2 is 1.97 bits per heavy atom. The van der Waals surface area contributed by atoms with Crippen LogP contribution in [0.15, 0.2) is 35.4 Å². The average molecular weight is 499 g/mol. The summed E-state index contributed by atoms with van der Waals surface area (Å²) in [4.78, 5) is 22.5. The molecule has 4 aromatic rings. The van der Waals surface area contributed by atoms with E-state index >= 15 is 0 Å². The minimum absolute atomic E-state index is 0.165. The second kappa shape index (κ2) is 8.71. The molecule has 0 saturated carbocycles. The third kappa shape index (κ3) is 3.97. The van der Waals surface area contributed by atoms with Gasteiger partial charge in [0.05, 0.1) is 38.3 Å². The molecular weight excluding hydrogens is 472 g/mol. The molecule has 3 aromatic heterocycles. The summed E-state index contributed by atoms with van der Waals surface area (Å²) in [6.45, 7) is 7.10. The second-order valence-electron chi connectivity index (χ2n) is 8.61. The van der Waals surface area contributed by atoms with E-state index in [1.54, 1.807) is 30.5 Å². The summed E-state index contributed by atoms with van der Waals surface area (Å²) in [7, 11) is -3.51. The summed E-state index contributed by atoms with van der Waals surface area (Å²) < 4.78 is 29.9. The molecule has 1 unspecified atom stereocenters. The van der Waals surface area contributed by atoms with E-state index < -0.39 is 10.0 Å². The number of rotatable bonds is 6. The fraction of sp³-hybridized carbons (Fsp3) is 0.391. The summed E-state index contributed by atoms with van der Waals surface area (Å²) in [6.07, 6.45) is 4.35. The minimum atomic E-state index is -3.51. The van der Waals surface area contributed by atoms with Gasteiger partial charge in [-0.05, 0) is 57.4 Å². The highest BCUT2D eigenvalue weighted by Crippen LogP contribution is 2.31. The standard InChI is InChI=1S/C23H26N6O3S2/c1-4-15(3)29-21-18(13-24-29)17(11-14(2)25-21)22(30)27-23-26-19-8-7-16(12-20(19)33-23)34(31,32)28-9-5-6-10-28/h7-8,11-13,15H,4-6,9-10H2,1-3H3,(H,26,27,30). The topological polar surface area (TPSA) is 110 Å². The van der Waals surface area contributed by atoms with E-state index in [0.717, 1.165) is 25.0 Å². The van der Waals surface area contributed by atoms with Crippen molar-refractivity contribution in [3.63, 3.8) is 0 Å². The first-order chi connectivity index (χ1) is 16.3. The van der Waals surface area contributed by atoms with Crippen molar-refractivity contribution in [2.45, 2.75) is 51.0 Å². The van der Waals surface area contributed by atoms with Gasteiger partial charge in [0.15, 0.2) is 10.8 Å². The summed E-state index contributed by atoms with van der Waals surface area (Å²) in [5.74, 6) is -0.303.